The summed E-state index contributed by atoms with van der Waals surface area (Å²) in [5.74, 6) is 0. The monoisotopic (exact) mass is 227 g/mol. The molecule has 0 bridgehead atoms. The normalized spacial score (nSPS) is 13.7. The fourth-order valence-corrected chi connectivity index (χ4v) is 1.84. The van der Waals surface area contributed by atoms with E-state index >= 15 is 0 Å². The second kappa shape index (κ2) is 6.68. The quantitative estimate of drug-likeness (QED) is 0.777. The van der Waals surface area contributed by atoms with Gasteiger partial charge in [-0.25, -0.2) is 0 Å². The van der Waals surface area contributed by atoms with E-state index in [0.717, 1.165) is 5.56 Å². The zero-order chi connectivity index (χ0) is 12.7. The van der Waals surface area contributed by atoms with Crippen molar-refractivity contribution in [1.29, 1.82) is 10.5 Å². The Morgan fingerprint density at radius 1 is 1.12 bits per heavy atom. The van der Waals surface area contributed by atoms with Crippen LogP contribution < -0.4 is 0 Å². The van der Waals surface area contributed by atoms with E-state index in [-0.39, 0.29) is 12.1 Å². The van der Waals surface area contributed by atoms with Crippen LogP contribution in [0.2, 0.25) is 0 Å². The molecule has 1 aromatic rings. The van der Waals surface area contributed by atoms with Crippen LogP contribution in [0.5, 0.6) is 0 Å². The zero-order valence-corrected chi connectivity index (χ0v) is 10.3. The SMILES string of the molecule is CC(CC#N)N(C)C(CC#N)c1ccccc1. The number of hydrogen-bond donors (Lipinski definition) is 0. The molecule has 3 nitrogen and oxygen atoms in total. The molecule has 2 unspecified atom stereocenters. The van der Waals surface area contributed by atoms with Gasteiger partial charge in [0.05, 0.1) is 25.0 Å². The largest absolute Gasteiger partial charge is 0.295 e. The number of benzene rings is 1. The summed E-state index contributed by atoms with van der Waals surface area (Å²) in [6.07, 6.45) is 0.918. The average Bonchev–Trinajstić information content (AvgIpc) is 2.36. The molecule has 0 aliphatic heterocycles. The summed E-state index contributed by atoms with van der Waals surface area (Å²) in [6, 6.07) is 14.6. The molecule has 0 aliphatic carbocycles. The summed E-state index contributed by atoms with van der Waals surface area (Å²) in [4.78, 5) is 2.10. The third kappa shape index (κ3) is 3.59. The molecule has 0 fully saturated rings. The van der Waals surface area contributed by atoms with E-state index in [4.69, 9.17) is 10.5 Å². The summed E-state index contributed by atoms with van der Waals surface area (Å²) in [7, 11) is 1.97. The van der Waals surface area contributed by atoms with Gasteiger partial charge >= 0.3 is 0 Å². The molecular weight excluding hydrogens is 210 g/mol. The van der Waals surface area contributed by atoms with Crippen molar-refractivity contribution >= 4 is 0 Å². The Labute approximate surface area is 103 Å². The molecule has 2 atom stereocenters. The molecule has 0 amide bonds. The minimum Gasteiger partial charge on any atom is -0.295 e. The Balaban J connectivity index is 2.87. The first-order valence-corrected chi connectivity index (χ1v) is 5.71. The molecule has 3 heteroatoms. The zero-order valence-electron chi connectivity index (χ0n) is 10.3. The maximum absolute atomic E-state index is 8.92. The third-order valence-corrected chi connectivity index (χ3v) is 3.04. The highest BCUT2D eigenvalue weighted by Gasteiger charge is 2.20. The molecule has 0 N–H and O–H groups in total. The fraction of sp³-hybridized carbons (Fsp3) is 0.429. The summed E-state index contributed by atoms with van der Waals surface area (Å²) < 4.78 is 0. The maximum atomic E-state index is 8.92. The van der Waals surface area contributed by atoms with E-state index in [1.165, 1.54) is 0 Å². The minimum atomic E-state index is 0.0598. The summed E-state index contributed by atoms with van der Waals surface area (Å²) in [5, 5.41) is 17.6. The summed E-state index contributed by atoms with van der Waals surface area (Å²) in [6.45, 7) is 2.01. The van der Waals surface area contributed by atoms with E-state index in [0.29, 0.717) is 12.8 Å². The van der Waals surface area contributed by atoms with E-state index in [1.54, 1.807) is 0 Å². The molecule has 0 saturated heterocycles. The second-order valence-electron chi connectivity index (χ2n) is 4.17. The maximum Gasteiger partial charge on any atom is 0.0641 e. The van der Waals surface area contributed by atoms with Crippen LogP contribution in [0.3, 0.4) is 0 Å². The Kier molecular flexibility index (Phi) is 5.20. The lowest BCUT2D eigenvalue weighted by Crippen LogP contribution is -2.32. The molecule has 0 aliphatic rings. The van der Waals surface area contributed by atoms with Crippen molar-refractivity contribution < 1.29 is 0 Å². The van der Waals surface area contributed by atoms with Crippen LogP contribution in [0.1, 0.15) is 31.4 Å². The Bertz CT molecular complexity index is 413. The molecule has 0 saturated carbocycles. The molecule has 0 radical (unpaired) electrons. The predicted molar refractivity (Wildman–Crippen MR) is 66.9 cm³/mol. The third-order valence-electron chi connectivity index (χ3n) is 3.04. The van der Waals surface area contributed by atoms with Gasteiger partial charge in [-0.2, -0.15) is 10.5 Å². The lowest BCUT2D eigenvalue weighted by Gasteiger charge is -2.31. The van der Waals surface area contributed by atoms with Crippen molar-refractivity contribution in [2.45, 2.75) is 31.8 Å². The molecule has 1 aromatic carbocycles. The first-order chi connectivity index (χ1) is 8.20. The summed E-state index contributed by atoms with van der Waals surface area (Å²) >= 11 is 0. The van der Waals surface area contributed by atoms with Crippen LogP contribution >= 0.6 is 0 Å². The van der Waals surface area contributed by atoms with Crippen molar-refractivity contribution in [1.82, 2.24) is 4.90 Å². The second-order valence-corrected chi connectivity index (χ2v) is 4.17. The Morgan fingerprint density at radius 3 is 2.24 bits per heavy atom. The number of nitrogens with zero attached hydrogens (tertiary/aromatic N) is 3. The molecule has 1 rings (SSSR count). The van der Waals surface area contributed by atoms with E-state index in [2.05, 4.69) is 17.0 Å². The first kappa shape index (κ1) is 13.2. The highest BCUT2D eigenvalue weighted by molar-refractivity contribution is 5.20. The van der Waals surface area contributed by atoms with Crippen molar-refractivity contribution in [2.75, 3.05) is 7.05 Å². The van der Waals surface area contributed by atoms with Crippen LogP contribution in [-0.2, 0) is 0 Å². The Morgan fingerprint density at radius 2 is 1.71 bits per heavy atom. The van der Waals surface area contributed by atoms with E-state index < -0.39 is 0 Å². The van der Waals surface area contributed by atoms with Crippen LogP contribution in [-0.4, -0.2) is 18.0 Å². The van der Waals surface area contributed by atoms with Gasteiger partial charge in [0, 0.05) is 12.1 Å². The fourth-order valence-electron chi connectivity index (χ4n) is 1.84. The van der Waals surface area contributed by atoms with Crippen molar-refractivity contribution in [3.8, 4) is 12.1 Å². The van der Waals surface area contributed by atoms with Crippen molar-refractivity contribution in [3.05, 3.63) is 35.9 Å². The standard InChI is InChI=1S/C14H17N3/c1-12(8-10-15)17(2)14(9-11-16)13-6-4-3-5-7-13/h3-7,12,14H,8-9H2,1-2H3. The van der Waals surface area contributed by atoms with Crippen molar-refractivity contribution in [2.24, 2.45) is 0 Å². The molecule has 0 spiro atoms. The summed E-state index contributed by atoms with van der Waals surface area (Å²) in [5.41, 5.74) is 1.13. The number of rotatable bonds is 5. The van der Waals surface area contributed by atoms with Gasteiger partial charge < -0.3 is 0 Å². The van der Waals surface area contributed by atoms with E-state index in [9.17, 15) is 0 Å². The van der Waals surface area contributed by atoms with Crippen LogP contribution in [0, 0.1) is 22.7 Å². The van der Waals surface area contributed by atoms with Gasteiger partial charge in [0.1, 0.15) is 0 Å². The number of nitriles is 2. The van der Waals surface area contributed by atoms with Gasteiger partial charge in [-0.3, -0.25) is 4.90 Å². The molecular formula is C14H17N3. The molecule has 88 valence electrons. The number of hydrogen-bond acceptors (Lipinski definition) is 3. The van der Waals surface area contributed by atoms with Crippen LogP contribution in [0.15, 0.2) is 30.3 Å². The van der Waals surface area contributed by atoms with Gasteiger partial charge in [0.2, 0.25) is 0 Å². The lowest BCUT2D eigenvalue weighted by atomic mass is 10.0. The topological polar surface area (TPSA) is 50.8 Å². The van der Waals surface area contributed by atoms with E-state index in [1.807, 2.05) is 44.3 Å². The highest BCUT2D eigenvalue weighted by atomic mass is 15.2. The first-order valence-electron chi connectivity index (χ1n) is 5.71. The Hall–Kier alpha value is -1.84. The lowest BCUT2D eigenvalue weighted by molar-refractivity contribution is 0.189. The van der Waals surface area contributed by atoms with Crippen LogP contribution in [0.4, 0.5) is 0 Å². The van der Waals surface area contributed by atoms with Crippen LogP contribution in [0.25, 0.3) is 0 Å². The van der Waals surface area contributed by atoms with Gasteiger partial charge in [0.15, 0.2) is 0 Å². The van der Waals surface area contributed by atoms with Gasteiger partial charge in [-0.1, -0.05) is 30.3 Å². The van der Waals surface area contributed by atoms with Crippen molar-refractivity contribution in [3.63, 3.8) is 0 Å². The molecule has 17 heavy (non-hydrogen) atoms. The predicted octanol–water partition coefficient (Wildman–Crippen LogP) is 2.88. The smallest absolute Gasteiger partial charge is 0.0641 e. The average molecular weight is 227 g/mol. The van der Waals surface area contributed by atoms with Gasteiger partial charge in [-0.15, -0.1) is 0 Å². The highest BCUT2D eigenvalue weighted by Crippen LogP contribution is 2.25. The molecule has 0 aromatic heterocycles. The minimum absolute atomic E-state index is 0.0598. The van der Waals surface area contributed by atoms with Gasteiger partial charge in [0.25, 0.3) is 0 Å². The molecule has 0 heterocycles. The van der Waals surface area contributed by atoms with Gasteiger partial charge in [-0.05, 0) is 19.5 Å².